The maximum absolute atomic E-state index is 13.3. The van der Waals surface area contributed by atoms with Crippen molar-refractivity contribution in [2.24, 2.45) is 0 Å². The highest BCUT2D eigenvalue weighted by molar-refractivity contribution is 6.32. The van der Waals surface area contributed by atoms with Gasteiger partial charge in [0.2, 0.25) is 0 Å². The number of anilines is 2. The van der Waals surface area contributed by atoms with Crippen molar-refractivity contribution >= 4 is 35.3 Å². The zero-order valence-corrected chi connectivity index (χ0v) is 17.1. The zero-order valence-electron chi connectivity index (χ0n) is 16.4. The van der Waals surface area contributed by atoms with Gasteiger partial charge in [-0.1, -0.05) is 35.9 Å². The van der Waals surface area contributed by atoms with Gasteiger partial charge in [0.15, 0.2) is 0 Å². The molecule has 1 N–H and O–H groups in total. The summed E-state index contributed by atoms with van der Waals surface area (Å²) in [6.07, 6.45) is 10.5. The van der Waals surface area contributed by atoms with E-state index in [0.717, 1.165) is 22.4 Å². The van der Waals surface area contributed by atoms with Crippen molar-refractivity contribution in [3.63, 3.8) is 0 Å². The summed E-state index contributed by atoms with van der Waals surface area (Å²) >= 11 is 6.38. The summed E-state index contributed by atoms with van der Waals surface area (Å²) in [6.45, 7) is 0.222. The quantitative estimate of drug-likeness (QED) is 0.379. The minimum Gasteiger partial charge on any atom is -0.487 e. The van der Waals surface area contributed by atoms with E-state index in [4.69, 9.17) is 16.3 Å². The van der Waals surface area contributed by atoms with Crippen LogP contribution in [0.1, 0.15) is 16.7 Å². The van der Waals surface area contributed by atoms with E-state index in [1.807, 2.05) is 30.4 Å². The van der Waals surface area contributed by atoms with Crippen molar-refractivity contribution in [2.45, 2.75) is 6.61 Å². The second kappa shape index (κ2) is 9.82. The first kappa shape index (κ1) is 20.5. The van der Waals surface area contributed by atoms with Gasteiger partial charge < -0.3 is 10.1 Å². The van der Waals surface area contributed by atoms with Crippen LogP contribution in [0, 0.1) is 5.82 Å². The number of nitrogens with zero attached hydrogens (tertiary/aromatic N) is 3. The van der Waals surface area contributed by atoms with Gasteiger partial charge in [0, 0.05) is 29.8 Å². The molecule has 0 spiro atoms. The summed E-state index contributed by atoms with van der Waals surface area (Å²) in [5, 5.41) is 3.68. The largest absolute Gasteiger partial charge is 0.487 e. The third-order valence-electron chi connectivity index (χ3n) is 4.36. The maximum atomic E-state index is 13.3. The van der Waals surface area contributed by atoms with E-state index in [9.17, 15) is 4.39 Å². The lowest BCUT2D eigenvalue weighted by Gasteiger charge is -2.12. The van der Waals surface area contributed by atoms with E-state index in [1.54, 1.807) is 42.9 Å². The first-order chi connectivity index (χ1) is 15.2. The Bertz CT molecular complexity index is 1200. The normalized spacial score (nSPS) is 10.9. The molecular weight excluding hydrogens is 415 g/mol. The molecule has 2 aromatic carbocycles. The monoisotopic (exact) mass is 432 g/mol. The van der Waals surface area contributed by atoms with Gasteiger partial charge >= 0.3 is 0 Å². The molecule has 0 amide bonds. The number of hydrogen-bond donors (Lipinski definition) is 1. The van der Waals surface area contributed by atoms with Crippen LogP contribution in [0.15, 0.2) is 79.5 Å². The van der Waals surface area contributed by atoms with Crippen molar-refractivity contribution in [3.8, 4) is 5.75 Å². The van der Waals surface area contributed by atoms with Gasteiger partial charge in [-0.05, 0) is 53.6 Å². The molecule has 4 rings (SSSR count). The van der Waals surface area contributed by atoms with Crippen LogP contribution in [-0.4, -0.2) is 15.0 Å². The summed E-state index contributed by atoms with van der Waals surface area (Å²) in [6, 6.07) is 15.4. The van der Waals surface area contributed by atoms with Gasteiger partial charge in [-0.3, -0.25) is 4.98 Å². The Labute approximate surface area is 184 Å². The lowest BCUT2D eigenvalue weighted by Crippen LogP contribution is -1.99. The van der Waals surface area contributed by atoms with Crippen LogP contribution in [0.3, 0.4) is 0 Å². The Morgan fingerprint density at radius 2 is 1.94 bits per heavy atom. The van der Waals surface area contributed by atoms with Crippen molar-refractivity contribution in [1.82, 2.24) is 15.0 Å². The van der Waals surface area contributed by atoms with Gasteiger partial charge in [0.05, 0.1) is 5.02 Å². The van der Waals surface area contributed by atoms with Crippen LogP contribution in [-0.2, 0) is 6.61 Å². The molecule has 5 nitrogen and oxygen atoms in total. The van der Waals surface area contributed by atoms with E-state index < -0.39 is 0 Å². The molecule has 2 aromatic heterocycles. The smallest absolute Gasteiger partial charge is 0.141 e. The molecule has 31 heavy (non-hydrogen) atoms. The second-order valence-electron chi connectivity index (χ2n) is 6.64. The van der Waals surface area contributed by atoms with E-state index in [0.29, 0.717) is 16.6 Å². The summed E-state index contributed by atoms with van der Waals surface area (Å²) < 4.78 is 19.0. The summed E-state index contributed by atoms with van der Waals surface area (Å²) in [5.41, 5.74) is 3.26. The molecule has 0 unspecified atom stereocenters. The number of nitrogens with one attached hydrogen (secondary N) is 1. The fraction of sp³-hybridized carbons (Fsp3) is 0.0417. The number of benzene rings is 2. The number of halogens is 2. The van der Waals surface area contributed by atoms with E-state index in [1.165, 1.54) is 18.5 Å². The van der Waals surface area contributed by atoms with Crippen LogP contribution in [0.4, 0.5) is 15.9 Å². The first-order valence-corrected chi connectivity index (χ1v) is 9.87. The average Bonchev–Trinajstić information content (AvgIpc) is 2.79. The zero-order chi connectivity index (χ0) is 21.5. The highest BCUT2D eigenvalue weighted by Crippen LogP contribution is 2.30. The number of rotatable bonds is 7. The molecule has 0 fully saturated rings. The fourth-order valence-corrected chi connectivity index (χ4v) is 3.08. The molecule has 7 heteroatoms. The van der Waals surface area contributed by atoms with Crippen LogP contribution in [0.5, 0.6) is 5.75 Å². The molecule has 0 saturated heterocycles. The van der Waals surface area contributed by atoms with Crippen LogP contribution in [0.25, 0.3) is 12.2 Å². The Hall–Kier alpha value is -3.77. The molecule has 0 radical (unpaired) electrons. The third-order valence-corrected chi connectivity index (χ3v) is 4.65. The van der Waals surface area contributed by atoms with Crippen molar-refractivity contribution in [2.75, 3.05) is 5.32 Å². The number of ether oxygens (including phenoxy) is 1. The molecule has 4 aromatic rings. The van der Waals surface area contributed by atoms with Crippen molar-refractivity contribution < 1.29 is 9.13 Å². The lowest BCUT2D eigenvalue weighted by atomic mass is 10.2. The van der Waals surface area contributed by atoms with Gasteiger partial charge in [0.25, 0.3) is 0 Å². The highest BCUT2D eigenvalue weighted by atomic mass is 35.5. The van der Waals surface area contributed by atoms with E-state index >= 15 is 0 Å². The molecule has 0 saturated carbocycles. The Balaban J connectivity index is 1.46. The SMILES string of the molecule is Fc1cccc(COc2ccc(Nc3ncncc3/C=C/c3cccnc3)cc2Cl)c1. The molecule has 0 aliphatic heterocycles. The minimum atomic E-state index is -0.301. The second-order valence-corrected chi connectivity index (χ2v) is 7.04. The Kier molecular flexibility index (Phi) is 6.50. The van der Waals surface area contributed by atoms with Gasteiger partial charge in [-0.15, -0.1) is 0 Å². The lowest BCUT2D eigenvalue weighted by molar-refractivity contribution is 0.306. The molecule has 0 aliphatic carbocycles. The standard InChI is InChI=1S/C24H18ClFN4O/c25-22-12-21(8-9-23(22)31-15-18-3-1-5-20(26)11-18)30-24-19(14-28-16-29-24)7-6-17-4-2-10-27-13-17/h1-14,16H,15H2,(H,28,29,30)/b7-6+. The fourth-order valence-electron chi connectivity index (χ4n) is 2.85. The first-order valence-electron chi connectivity index (χ1n) is 9.49. The van der Waals surface area contributed by atoms with E-state index in [-0.39, 0.29) is 12.4 Å². The number of pyridine rings is 1. The molecule has 0 atom stereocenters. The van der Waals surface area contributed by atoms with E-state index in [2.05, 4.69) is 20.3 Å². The number of aromatic nitrogens is 3. The third kappa shape index (κ3) is 5.65. The Morgan fingerprint density at radius 3 is 2.74 bits per heavy atom. The van der Waals surface area contributed by atoms with Crippen LogP contribution < -0.4 is 10.1 Å². The number of hydrogen-bond acceptors (Lipinski definition) is 5. The van der Waals surface area contributed by atoms with Gasteiger partial charge in [-0.2, -0.15) is 0 Å². The minimum absolute atomic E-state index is 0.222. The average molecular weight is 433 g/mol. The van der Waals surface area contributed by atoms with Crippen LogP contribution in [0.2, 0.25) is 5.02 Å². The summed E-state index contributed by atoms with van der Waals surface area (Å²) in [5.74, 6) is 0.848. The molecule has 0 aliphatic rings. The van der Waals surface area contributed by atoms with Gasteiger partial charge in [-0.25, -0.2) is 14.4 Å². The van der Waals surface area contributed by atoms with Crippen LogP contribution >= 0.6 is 11.6 Å². The van der Waals surface area contributed by atoms with Crippen molar-refractivity contribution in [3.05, 3.63) is 107 Å². The van der Waals surface area contributed by atoms with Gasteiger partial charge in [0.1, 0.15) is 30.3 Å². The molecule has 2 heterocycles. The predicted octanol–water partition coefficient (Wildman–Crippen LogP) is 6.16. The topological polar surface area (TPSA) is 59.9 Å². The maximum Gasteiger partial charge on any atom is 0.141 e. The molecular formula is C24H18ClFN4O. The molecule has 0 bridgehead atoms. The predicted molar refractivity (Wildman–Crippen MR) is 121 cm³/mol. The molecule has 154 valence electrons. The highest BCUT2D eigenvalue weighted by Gasteiger charge is 2.07. The summed E-state index contributed by atoms with van der Waals surface area (Å²) in [4.78, 5) is 12.5. The Morgan fingerprint density at radius 1 is 1.00 bits per heavy atom. The summed E-state index contributed by atoms with van der Waals surface area (Å²) in [7, 11) is 0. The van der Waals surface area contributed by atoms with Crippen molar-refractivity contribution in [1.29, 1.82) is 0 Å².